The lowest BCUT2D eigenvalue weighted by Gasteiger charge is -2.35. The van der Waals surface area contributed by atoms with E-state index < -0.39 is 11.9 Å². The molecule has 0 amide bonds. The Hall–Kier alpha value is -4.38. The minimum absolute atomic E-state index is 0.0189. The van der Waals surface area contributed by atoms with Gasteiger partial charge in [0.25, 0.3) is 0 Å². The Labute approximate surface area is 226 Å². The van der Waals surface area contributed by atoms with Crippen molar-refractivity contribution in [3.05, 3.63) is 60.2 Å². The average molecular weight is 539 g/mol. The first-order valence-electron chi connectivity index (χ1n) is 12.6. The van der Waals surface area contributed by atoms with E-state index in [4.69, 9.17) is 19.7 Å². The lowest BCUT2D eigenvalue weighted by atomic mass is 10.1. The molecule has 1 aliphatic heterocycles. The van der Waals surface area contributed by atoms with Crippen LogP contribution in [0.15, 0.2) is 54.6 Å². The highest BCUT2D eigenvalue weighted by atomic mass is 16.5. The number of carbonyl (C=O) groups is 3. The number of aromatic nitrogens is 2. The number of carboxylic acids is 2. The Morgan fingerprint density at radius 1 is 0.974 bits per heavy atom. The van der Waals surface area contributed by atoms with E-state index in [1.54, 1.807) is 26.2 Å². The van der Waals surface area contributed by atoms with Crippen LogP contribution in [0.5, 0.6) is 11.5 Å². The minimum Gasteiger partial charge on any atom is -0.493 e. The fourth-order valence-corrected chi connectivity index (χ4v) is 4.14. The van der Waals surface area contributed by atoms with Gasteiger partial charge >= 0.3 is 11.9 Å². The van der Waals surface area contributed by atoms with Gasteiger partial charge in [-0.05, 0) is 56.6 Å². The van der Waals surface area contributed by atoms with Gasteiger partial charge in [-0.1, -0.05) is 12.1 Å². The first-order valence-corrected chi connectivity index (χ1v) is 12.6. The molecule has 1 aliphatic rings. The van der Waals surface area contributed by atoms with Crippen LogP contribution in [-0.4, -0.2) is 89.5 Å². The van der Waals surface area contributed by atoms with E-state index in [0.29, 0.717) is 35.8 Å². The maximum atomic E-state index is 11.5. The first kappa shape index (κ1) is 29.2. The van der Waals surface area contributed by atoms with Gasteiger partial charge in [-0.2, -0.15) is 5.10 Å². The molecule has 0 aliphatic carbocycles. The number of H-pyrrole nitrogens is 1. The number of nitrogens with zero attached hydrogens (tertiary/aromatic N) is 3. The van der Waals surface area contributed by atoms with E-state index in [-0.39, 0.29) is 5.78 Å². The van der Waals surface area contributed by atoms with Crippen LogP contribution in [0.2, 0.25) is 0 Å². The Morgan fingerprint density at radius 2 is 1.67 bits per heavy atom. The zero-order valence-electron chi connectivity index (χ0n) is 22.1. The molecule has 0 unspecified atom stereocenters. The number of aromatic amines is 1. The number of ether oxygens (including phenoxy) is 2. The van der Waals surface area contributed by atoms with Crippen molar-refractivity contribution in [2.75, 3.05) is 51.3 Å². The van der Waals surface area contributed by atoms with E-state index in [1.165, 1.54) is 5.39 Å². The number of hydrogen-bond donors (Lipinski definition) is 3. The van der Waals surface area contributed by atoms with E-state index in [0.717, 1.165) is 56.9 Å². The summed E-state index contributed by atoms with van der Waals surface area (Å²) in [5.74, 6) is -0.138. The second-order valence-electron chi connectivity index (χ2n) is 8.91. The lowest BCUT2D eigenvalue weighted by Crippen LogP contribution is -2.46. The smallest absolute Gasteiger partial charge is 0.328 e. The van der Waals surface area contributed by atoms with Crippen molar-refractivity contribution >= 4 is 34.4 Å². The van der Waals surface area contributed by atoms with Crippen molar-refractivity contribution in [1.82, 2.24) is 15.1 Å². The number of carbonyl (C=O) groups excluding carboxylic acids is 1. The zero-order chi connectivity index (χ0) is 28.2. The molecule has 0 saturated carbocycles. The lowest BCUT2D eigenvalue weighted by molar-refractivity contribution is -0.134. The number of nitrogens with one attached hydrogen (secondary N) is 1. The molecule has 3 N–H and O–H groups in total. The molecular weight excluding hydrogens is 504 g/mol. The molecule has 2 aromatic carbocycles. The Morgan fingerprint density at radius 3 is 2.31 bits per heavy atom. The predicted octanol–water partition coefficient (Wildman–Crippen LogP) is 3.47. The number of ketones is 1. The third kappa shape index (κ3) is 8.85. The molecule has 1 saturated heterocycles. The van der Waals surface area contributed by atoms with Gasteiger partial charge in [-0.15, -0.1) is 0 Å². The van der Waals surface area contributed by atoms with Crippen LogP contribution in [0.3, 0.4) is 0 Å². The van der Waals surface area contributed by atoms with E-state index in [1.807, 2.05) is 12.1 Å². The van der Waals surface area contributed by atoms with E-state index in [9.17, 15) is 14.4 Å². The standard InChI is InChI=1S/C24H30N4O3.C4H4O4/c1-18(29)19-9-10-22(23(17-19)30-2)31-16-6-5-11-27-12-14-28(15-13-27)24-20-7-3-4-8-21(20)25-26-24;5-3(6)1-2-4(7)8/h3-4,7-10,17H,5-6,11-16H2,1-2H3,(H,25,26);1-2H,(H,5,6)(H,7,8)/b;2-1+. The zero-order valence-corrected chi connectivity index (χ0v) is 22.1. The number of benzene rings is 2. The molecule has 2 heterocycles. The number of Topliss-reactive ketones (excluding diaryl/α,β-unsaturated/α-hetero) is 1. The number of anilines is 1. The molecule has 208 valence electrons. The molecule has 4 rings (SSSR count). The fraction of sp³-hybridized carbons (Fsp3) is 0.357. The molecule has 11 heteroatoms. The van der Waals surface area contributed by atoms with Crippen LogP contribution in [-0.2, 0) is 9.59 Å². The number of hydrogen-bond acceptors (Lipinski definition) is 8. The highest BCUT2D eigenvalue weighted by Gasteiger charge is 2.20. The Bertz CT molecular complexity index is 1280. The van der Waals surface area contributed by atoms with Crippen molar-refractivity contribution < 1.29 is 34.1 Å². The number of rotatable bonds is 11. The Balaban J connectivity index is 0.000000459. The van der Waals surface area contributed by atoms with Crippen LogP contribution >= 0.6 is 0 Å². The number of carboxylic acid groups (broad SMARTS) is 2. The minimum atomic E-state index is -1.26. The molecule has 0 radical (unpaired) electrons. The van der Waals surface area contributed by atoms with Crippen LogP contribution in [0.25, 0.3) is 10.9 Å². The summed E-state index contributed by atoms with van der Waals surface area (Å²) in [4.78, 5) is 35.5. The maximum Gasteiger partial charge on any atom is 0.328 e. The predicted molar refractivity (Wildman–Crippen MR) is 147 cm³/mol. The second kappa shape index (κ2) is 14.5. The van der Waals surface area contributed by atoms with Crippen molar-refractivity contribution in [3.63, 3.8) is 0 Å². The summed E-state index contributed by atoms with van der Waals surface area (Å²) in [5.41, 5.74) is 1.72. The van der Waals surface area contributed by atoms with Crippen LogP contribution in [0.1, 0.15) is 30.1 Å². The largest absolute Gasteiger partial charge is 0.493 e. The SMILES string of the molecule is COc1cc(C(C)=O)ccc1OCCCCN1CCN(c2n[nH]c3ccccc23)CC1.O=C(O)/C=C/C(=O)O. The highest BCUT2D eigenvalue weighted by molar-refractivity contribution is 5.94. The molecule has 3 aromatic rings. The van der Waals surface area contributed by atoms with Crippen molar-refractivity contribution in [2.24, 2.45) is 0 Å². The summed E-state index contributed by atoms with van der Waals surface area (Å²) in [7, 11) is 1.59. The number of para-hydroxylation sites is 1. The molecule has 11 nitrogen and oxygen atoms in total. The molecule has 0 spiro atoms. The third-order valence-corrected chi connectivity index (χ3v) is 6.19. The number of unbranched alkanes of at least 4 members (excludes halogenated alkanes) is 1. The maximum absolute atomic E-state index is 11.5. The molecule has 0 atom stereocenters. The summed E-state index contributed by atoms with van der Waals surface area (Å²) in [6, 6.07) is 13.6. The van der Waals surface area contributed by atoms with Crippen molar-refractivity contribution in [3.8, 4) is 11.5 Å². The van der Waals surface area contributed by atoms with E-state index >= 15 is 0 Å². The quantitative estimate of drug-likeness (QED) is 0.188. The normalized spacial score (nSPS) is 13.6. The number of piperazine rings is 1. The molecule has 0 bridgehead atoms. The monoisotopic (exact) mass is 538 g/mol. The number of aliphatic carboxylic acids is 2. The summed E-state index contributed by atoms with van der Waals surface area (Å²) in [6.07, 6.45) is 3.17. The van der Waals surface area contributed by atoms with Crippen LogP contribution in [0, 0.1) is 0 Å². The number of methoxy groups -OCH3 is 1. The van der Waals surface area contributed by atoms with Gasteiger partial charge in [0.1, 0.15) is 0 Å². The molecule has 1 fully saturated rings. The second-order valence-corrected chi connectivity index (χ2v) is 8.91. The van der Waals surface area contributed by atoms with Crippen LogP contribution in [0.4, 0.5) is 5.82 Å². The topological polar surface area (TPSA) is 145 Å². The summed E-state index contributed by atoms with van der Waals surface area (Å²) >= 11 is 0. The summed E-state index contributed by atoms with van der Waals surface area (Å²) in [5, 5.41) is 24.5. The van der Waals surface area contributed by atoms with Gasteiger partial charge in [0.2, 0.25) is 0 Å². The van der Waals surface area contributed by atoms with Crippen molar-refractivity contribution in [2.45, 2.75) is 19.8 Å². The summed E-state index contributed by atoms with van der Waals surface area (Å²) < 4.78 is 11.2. The van der Waals surface area contributed by atoms with Crippen molar-refractivity contribution in [1.29, 1.82) is 0 Å². The van der Waals surface area contributed by atoms with E-state index in [2.05, 4.69) is 38.2 Å². The molecule has 1 aromatic heterocycles. The van der Waals surface area contributed by atoms with Gasteiger partial charge in [-0.3, -0.25) is 14.8 Å². The van der Waals surface area contributed by atoms with Gasteiger partial charge in [0.05, 0.1) is 19.2 Å². The Kier molecular flexibility index (Phi) is 10.9. The van der Waals surface area contributed by atoms with Crippen LogP contribution < -0.4 is 14.4 Å². The first-order chi connectivity index (χ1) is 18.8. The van der Waals surface area contributed by atoms with Gasteiger partial charge < -0.3 is 24.6 Å². The molecule has 39 heavy (non-hydrogen) atoms. The summed E-state index contributed by atoms with van der Waals surface area (Å²) in [6.45, 7) is 7.32. The van der Waals surface area contributed by atoms with Gasteiger partial charge in [-0.25, -0.2) is 9.59 Å². The fourth-order valence-electron chi connectivity index (χ4n) is 4.14. The molecular formula is C28H34N4O7. The van der Waals surface area contributed by atoms with Gasteiger partial charge in [0, 0.05) is 49.3 Å². The number of fused-ring (bicyclic) bond motifs is 1. The van der Waals surface area contributed by atoms with Gasteiger partial charge in [0.15, 0.2) is 23.1 Å². The third-order valence-electron chi connectivity index (χ3n) is 6.19. The highest BCUT2D eigenvalue weighted by Crippen LogP contribution is 2.28. The average Bonchev–Trinajstić information content (AvgIpc) is 3.36.